The quantitative estimate of drug-likeness (QED) is 0.764. The molecule has 0 aliphatic rings. The van der Waals surface area contributed by atoms with E-state index in [4.69, 9.17) is 10.00 Å². The molecule has 0 radical (unpaired) electrons. The standard InChI is InChI=1S/C11H15N3O2/c1-8-3-4-9(5-12)11(14-8)13-6-10(15)7-16-2/h3-4,10,15H,6-7H2,1-2H3,(H,13,14). The van der Waals surface area contributed by atoms with Crippen molar-refractivity contribution in [2.24, 2.45) is 0 Å². The van der Waals surface area contributed by atoms with E-state index in [0.29, 0.717) is 17.9 Å². The topological polar surface area (TPSA) is 78.2 Å². The highest BCUT2D eigenvalue weighted by Crippen LogP contribution is 2.11. The van der Waals surface area contributed by atoms with Crippen molar-refractivity contribution in [2.75, 3.05) is 25.6 Å². The first-order chi connectivity index (χ1) is 7.67. The fraction of sp³-hybridized carbons (Fsp3) is 0.455. The number of hydrogen-bond acceptors (Lipinski definition) is 5. The Balaban J connectivity index is 2.66. The molecule has 1 rings (SSSR count). The zero-order chi connectivity index (χ0) is 12.0. The monoisotopic (exact) mass is 221 g/mol. The molecule has 5 heteroatoms. The first-order valence-electron chi connectivity index (χ1n) is 4.96. The molecule has 1 aromatic rings. The fourth-order valence-electron chi connectivity index (χ4n) is 1.25. The van der Waals surface area contributed by atoms with Crippen molar-refractivity contribution in [1.82, 2.24) is 4.98 Å². The number of aliphatic hydroxyl groups excluding tert-OH is 1. The smallest absolute Gasteiger partial charge is 0.144 e. The summed E-state index contributed by atoms with van der Waals surface area (Å²) >= 11 is 0. The Kier molecular flexibility index (Phi) is 4.70. The summed E-state index contributed by atoms with van der Waals surface area (Å²) in [6, 6.07) is 5.52. The molecular formula is C11H15N3O2. The summed E-state index contributed by atoms with van der Waals surface area (Å²) < 4.78 is 4.80. The second-order valence-electron chi connectivity index (χ2n) is 3.45. The van der Waals surface area contributed by atoms with Gasteiger partial charge in [0.1, 0.15) is 11.9 Å². The minimum absolute atomic E-state index is 0.251. The molecule has 16 heavy (non-hydrogen) atoms. The van der Waals surface area contributed by atoms with Crippen LogP contribution in [0.25, 0.3) is 0 Å². The van der Waals surface area contributed by atoms with Crippen LogP contribution in [0.4, 0.5) is 5.82 Å². The van der Waals surface area contributed by atoms with Gasteiger partial charge in [-0.05, 0) is 19.1 Å². The second-order valence-corrected chi connectivity index (χ2v) is 3.45. The highest BCUT2D eigenvalue weighted by Gasteiger charge is 2.07. The Hall–Kier alpha value is -1.64. The largest absolute Gasteiger partial charge is 0.389 e. The van der Waals surface area contributed by atoms with Gasteiger partial charge in [-0.15, -0.1) is 0 Å². The third-order valence-corrected chi connectivity index (χ3v) is 2.02. The summed E-state index contributed by atoms with van der Waals surface area (Å²) in [6.45, 7) is 2.40. The molecule has 0 spiro atoms. The Bertz CT molecular complexity index is 387. The van der Waals surface area contributed by atoms with Crippen LogP contribution in [0.5, 0.6) is 0 Å². The lowest BCUT2D eigenvalue weighted by Gasteiger charge is -2.12. The molecule has 0 aliphatic heterocycles. The number of methoxy groups -OCH3 is 1. The maximum absolute atomic E-state index is 9.45. The van der Waals surface area contributed by atoms with Crippen LogP contribution in [0.2, 0.25) is 0 Å². The zero-order valence-electron chi connectivity index (χ0n) is 9.40. The van der Waals surface area contributed by atoms with Crippen molar-refractivity contribution in [3.63, 3.8) is 0 Å². The van der Waals surface area contributed by atoms with Crippen molar-refractivity contribution in [1.29, 1.82) is 5.26 Å². The Morgan fingerprint density at radius 1 is 1.62 bits per heavy atom. The Morgan fingerprint density at radius 3 is 3.00 bits per heavy atom. The van der Waals surface area contributed by atoms with E-state index < -0.39 is 6.10 Å². The number of nitrogens with zero attached hydrogens (tertiary/aromatic N) is 2. The number of aliphatic hydroxyl groups is 1. The molecule has 1 unspecified atom stereocenters. The summed E-state index contributed by atoms with van der Waals surface area (Å²) in [5, 5.41) is 21.2. The maximum atomic E-state index is 9.45. The molecule has 0 saturated heterocycles. The molecular weight excluding hydrogens is 206 g/mol. The SMILES string of the molecule is COCC(O)CNc1nc(C)ccc1C#N. The number of pyridine rings is 1. The van der Waals surface area contributed by atoms with E-state index in [-0.39, 0.29) is 6.61 Å². The van der Waals surface area contributed by atoms with Crippen LogP contribution in [0.15, 0.2) is 12.1 Å². The molecule has 1 heterocycles. The average Bonchev–Trinajstić information content (AvgIpc) is 2.27. The number of aromatic nitrogens is 1. The molecule has 0 bridgehead atoms. The predicted octanol–water partition coefficient (Wildman–Crippen LogP) is 0.681. The van der Waals surface area contributed by atoms with Crippen LogP contribution in [0.1, 0.15) is 11.3 Å². The van der Waals surface area contributed by atoms with E-state index in [9.17, 15) is 5.11 Å². The van der Waals surface area contributed by atoms with Gasteiger partial charge in [0, 0.05) is 19.3 Å². The summed E-state index contributed by atoms with van der Waals surface area (Å²) in [5.41, 5.74) is 1.29. The van der Waals surface area contributed by atoms with Gasteiger partial charge in [-0.25, -0.2) is 4.98 Å². The van der Waals surface area contributed by atoms with Gasteiger partial charge in [0.2, 0.25) is 0 Å². The zero-order valence-corrected chi connectivity index (χ0v) is 9.40. The van der Waals surface area contributed by atoms with Gasteiger partial charge in [-0.2, -0.15) is 5.26 Å². The lowest BCUT2D eigenvalue weighted by molar-refractivity contribution is 0.0727. The van der Waals surface area contributed by atoms with Crippen molar-refractivity contribution >= 4 is 5.82 Å². The second kappa shape index (κ2) is 6.05. The summed E-state index contributed by atoms with van der Waals surface area (Å²) in [6.07, 6.45) is -0.612. The van der Waals surface area contributed by atoms with E-state index >= 15 is 0 Å². The fourth-order valence-corrected chi connectivity index (χ4v) is 1.25. The van der Waals surface area contributed by atoms with Gasteiger partial charge < -0.3 is 15.2 Å². The van der Waals surface area contributed by atoms with Crippen molar-refractivity contribution in [3.8, 4) is 6.07 Å². The highest BCUT2D eigenvalue weighted by atomic mass is 16.5. The van der Waals surface area contributed by atoms with Crippen molar-refractivity contribution in [2.45, 2.75) is 13.0 Å². The maximum Gasteiger partial charge on any atom is 0.144 e. The van der Waals surface area contributed by atoms with Gasteiger partial charge in [0.05, 0.1) is 18.3 Å². The molecule has 0 saturated carbocycles. The number of hydrogen-bond donors (Lipinski definition) is 2. The highest BCUT2D eigenvalue weighted by molar-refractivity contribution is 5.52. The third kappa shape index (κ3) is 3.50. The number of ether oxygens (including phenoxy) is 1. The van der Waals surface area contributed by atoms with E-state index in [2.05, 4.69) is 10.3 Å². The Labute approximate surface area is 94.7 Å². The molecule has 5 nitrogen and oxygen atoms in total. The van der Waals surface area contributed by atoms with Gasteiger partial charge in [0.25, 0.3) is 0 Å². The van der Waals surface area contributed by atoms with Crippen molar-refractivity contribution < 1.29 is 9.84 Å². The van der Waals surface area contributed by atoms with Crippen LogP contribution in [-0.2, 0) is 4.74 Å². The summed E-state index contributed by atoms with van der Waals surface area (Å²) in [4.78, 5) is 4.19. The molecule has 1 atom stereocenters. The van der Waals surface area contributed by atoms with E-state index in [0.717, 1.165) is 5.69 Å². The minimum Gasteiger partial charge on any atom is -0.389 e. The molecule has 2 N–H and O–H groups in total. The van der Waals surface area contributed by atoms with E-state index in [1.54, 1.807) is 12.1 Å². The van der Waals surface area contributed by atoms with E-state index in [1.165, 1.54) is 7.11 Å². The lowest BCUT2D eigenvalue weighted by atomic mass is 10.2. The van der Waals surface area contributed by atoms with E-state index in [1.807, 2.05) is 13.0 Å². The van der Waals surface area contributed by atoms with Crippen LogP contribution in [0, 0.1) is 18.3 Å². The Morgan fingerprint density at radius 2 is 2.38 bits per heavy atom. The van der Waals surface area contributed by atoms with Gasteiger partial charge in [-0.3, -0.25) is 0 Å². The van der Waals surface area contributed by atoms with Crippen LogP contribution >= 0.6 is 0 Å². The van der Waals surface area contributed by atoms with Gasteiger partial charge in [-0.1, -0.05) is 0 Å². The van der Waals surface area contributed by atoms with Gasteiger partial charge in [0.15, 0.2) is 0 Å². The number of anilines is 1. The van der Waals surface area contributed by atoms with Crippen molar-refractivity contribution in [3.05, 3.63) is 23.4 Å². The van der Waals surface area contributed by atoms with Crippen LogP contribution < -0.4 is 5.32 Å². The lowest BCUT2D eigenvalue weighted by Crippen LogP contribution is -2.24. The number of aryl methyl sites for hydroxylation is 1. The normalized spacial score (nSPS) is 11.9. The minimum atomic E-state index is -0.612. The number of nitriles is 1. The average molecular weight is 221 g/mol. The molecule has 0 aliphatic carbocycles. The molecule has 0 aromatic carbocycles. The van der Waals surface area contributed by atoms with Gasteiger partial charge >= 0.3 is 0 Å². The first kappa shape index (κ1) is 12.4. The molecule has 0 amide bonds. The number of nitrogens with one attached hydrogen (secondary N) is 1. The summed E-state index contributed by atoms with van der Waals surface area (Å²) in [5.74, 6) is 0.498. The summed E-state index contributed by atoms with van der Waals surface area (Å²) in [7, 11) is 1.52. The molecule has 86 valence electrons. The predicted molar refractivity (Wildman–Crippen MR) is 60.1 cm³/mol. The first-order valence-corrected chi connectivity index (χ1v) is 4.96. The van der Waals surface area contributed by atoms with Crippen LogP contribution in [-0.4, -0.2) is 36.5 Å². The third-order valence-electron chi connectivity index (χ3n) is 2.02. The molecule has 1 aromatic heterocycles. The molecule has 0 fully saturated rings. The van der Waals surface area contributed by atoms with Crippen LogP contribution in [0.3, 0.4) is 0 Å². The number of rotatable bonds is 5.